The largest absolute Gasteiger partial charge is 0.481 e. The molecule has 9 heavy (non-hydrogen) atoms. The SMILES string of the molecule is O=C(O)CC1=CC=C[N]1. The predicted molar refractivity (Wildman–Crippen MR) is 31.6 cm³/mol. The van der Waals surface area contributed by atoms with E-state index in [1.165, 1.54) is 0 Å². The molecule has 0 aromatic heterocycles. The van der Waals surface area contributed by atoms with Crippen LogP contribution >= 0.6 is 0 Å². The third-order valence-electron chi connectivity index (χ3n) is 0.947. The van der Waals surface area contributed by atoms with Gasteiger partial charge < -0.3 is 5.11 Å². The molecule has 0 aliphatic carbocycles. The minimum Gasteiger partial charge on any atom is -0.481 e. The van der Waals surface area contributed by atoms with Gasteiger partial charge in [0.2, 0.25) is 0 Å². The summed E-state index contributed by atoms with van der Waals surface area (Å²) in [7, 11) is 0. The maximum Gasteiger partial charge on any atom is 0.309 e. The van der Waals surface area contributed by atoms with E-state index >= 15 is 0 Å². The summed E-state index contributed by atoms with van der Waals surface area (Å²) in [4.78, 5) is 10.0. The van der Waals surface area contributed by atoms with Gasteiger partial charge in [0, 0.05) is 6.20 Å². The predicted octanol–water partition coefficient (Wildman–Crippen LogP) is 0.477. The molecule has 0 fully saturated rings. The minimum atomic E-state index is -0.839. The number of nitrogens with zero attached hydrogens (tertiary/aromatic N) is 1. The van der Waals surface area contributed by atoms with Crippen LogP contribution in [0.3, 0.4) is 0 Å². The summed E-state index contributed by atoms with van der Waals surface area (Å²) in [6.07, 6.45) is 5.01. The minimum absolute atomic E-state index is 0.0208. The summed E-state index contributed by atoms with van der Waals surface area (Å²) in [5.41, 5.74) is 0.613. The van der Waals surface area contributed by atoms with Crippen molar-refractivity contribution in [2.45, 2.75) is 6.42 Å². The Labute approximate surface area is 52.7 Å². The van der Waals surface area contributed by atoms with Crippen LogP contribution in [0.25, 0.3) is 0 Å². The van der Waals surface area contributed by atoms with Crippen LogP contribution < -0.4 is 5.32 Å². The fraction of sp³-hybridized carbons (Fsp3) is 0.167. The van der Waals surface area contributed by atoms with Crippen LogP contribution in [0.5, 0.6) is 0 Å². The lowest BCUT2D eigenvalue weighted by Gasteiger charge is -1.92. The molecule has 1 heterocycles. The average molecular weight is 124 g/mol. The van der Waals surface area contributed by atoms with Gasteiger partial charge in [-0.3, -0.25) is 10.1 Å². The number of hydrogen-bond donors (Lipinski definition) is 1. The normalized spacial score (nSPS) is 14.9. The van der Waals surface area contributed by atoms with E-state index in [4.69, 9.17) is 5.11 Å². The summed E-state index contributed by atoms with van der Waals surface area (Å²) >= 11 is 0. The van der Waals surface area contributed by atoms with Gasteiger partial charge in [-0.05, 0) is 12.2 Å². The van der Waals surface area contributed by atoms with Crippen molar-refractivity contribution in [2.24, 2.45) is 0 Å². The van der Waals surface area contributed by atoms with E-state index in [0.29, 0.717) is 5.70 Å². The van der Waals surface area contributed by atoms with Crippen LogP contribution in [-0.2, 0) is 4.79 Å². The lowest BCUT2D eigenvalue weighted by atomic mass is 10.3. The molecule has 0 aromatic carbocycles. The molecule has 3 heteroatoms. The second-order valence-corrected chi connectivity index (χ2v) is 1.70. The first-order valence-corrected chi connectivity index (χ1v) is 2.57. The molecule has 47 valence electrons. The lowest BCUT2D eigenvalue weighted by Crippen LogP contribution is -2.01. The first-order chi connectivity index (χ1) is 4.29. The number of aliphatic carboxylic acids is 1. The van der Waals surface area contributed by atoms with Crippen molar-refractivity contribution < 1.29 is 9.90 Å². The van der Waals surface area contributed by atoms with Crippen molar-refractivity contribution in [3.63, 3.8) is 0 Å². The Morgan fingerprint density at radius 2 is 2.56 bits per heavy atom. The molecule has 0 saturated carbocycles. The molecular weight excluding hydrogens is 118 g/mol. The monoisotopic (exact) mass is 124 g/mol. The van der Waals surface area contributed by atoms with Crippen LogP contribution in [0.15, 0.2) is 24.0 Å². The Morgan fingerprint density at radius 1 is 1.78 bits per heavy atom. The molecule has 1 rings (SSSR count). The number of carboxylic acids is 1. The highest BCUT2D eigenvalue weighted by atomic mass is 16.4. The van der Waals surface area contributed by atoms with E-state index in [1.807, 2.05) is 0 Å². The van der Waals surface area contributed by atoms with Gasteiger partial charge in [-0.25, -0.2) is 0 Å². The van der Waals surface area contributed by atoms with Gasteiger partial charge in [0.15, 0.2) is 0 Å². The van der Waals surface area contributed by atoms with Gasteiger partial charge in [0.05, 0.1) is 12.1 Å². The first-order valence-electron chi connectivity index (χ1n) is 2.57. The van der Waals surface area contributed by atoms with Gasteiger partial charge in [-0.15, -0.1) is 0 Å². The molecule has 0 aromatic rings. The topological polar surface area (TPSA) is 51.4 Å². The molecule has 0 atom stereocenters. The van der Waals surface area contributed by atoms with E-state index in [2.05, 4.69) is 5.32 Å². The van der Waals surface area contributed by atoms with Gasteiger partial charge >= 0.3 is 5.97 Å². The van der Waals surface area contributed by atoms with Crippen molar-refractivity contribution in [1.82, 2.24) is 5.32 Å². The van der Waals surface area contributed by atoms with E-state index in [0.717, 1.165) is 0 Å². The van der Waals surface area contributed by atoms with Crippen LogP contribution in [0.1, 0.15) is 6.42 Å². The number of hydrogen-bond acceptors (Lipinski definition) is 1. The zero-order valence-electron chi connectivity index (χ0n) is 4.74. The third kappa shape index (κ3) is 1.60. The number of allylic oxidation sites excluding steroid dienone is 2. The molecular formula is C6H6NO2. The van der Waals surface area contributed by atoms with Crippen LogP contribution in [0, 0.1) is 0 Å². The third-order valence-corrected chi connectivity index (χ3v) is 0.947. The molecule has 0 unspecified atom stereocenters. The molecule has 0 spiro atoms. The van der Waals surface area contributed by atoms with Crippen LogP contribution in [-0.4, -0.2) is 11.1 Å². The van der Waals surface area contributed by atoms with Crippen molar-refractivity contribution in [1.29, 1.82) is 0 Å². The number of rotatable bonds is 2. The van der Waals surface area contributed by atoms with Crippen molar-refractivity contribution in [3.05, 3.63) is 24.0 Å². The fourth-order valence-electron chi connectivity index (χ4n) is 0.595. The zero-order valence-corrected chi connectivity index (χ0v) is 4.74. The molecule has 1 N–H and O–H groups in total. The van der Waals surface area contributed by atoms with Crippen molar-refractivity contribution in [2.75, 3.05) is 0 Å². The smallest absolute Gasteiger partial charge is 0.309 e. The van der Waals surface area contributed by atoms with Gasteiger partial charge in [0.25, 0.3) is 0 Å². The first kappa shape index (κ1) is 5.88. The second kappa shape index (κ2) is 2.35. The zero-order chi connectivity index (χ0) is 6.69. The summed E-state index contributed by atoms with van der Waals surface area (Å²) in [6.45, 7) is 0. The molecule has 1 aliphatic rings. The highest BCUT2D eigenvalue weighted by molar-refractivity contribution is 5.70. The van der Waals surface area contributed by atoms with Crippen LogP contribution in [0.2, 0.25) is 0 Å². The van der Waals surface area contributed by atoms with Crippen LogP contribution in [0.4, 0.5) is 0 Å². The van der Waals surface area contributed by atoms with Gasteiger partial charge in [0.1, 0.15) is 0 Å². The summed E-state index contributed by atoms with van der Waals surface area (Å²) < 4.78 is 0. The highest BCUT2D eigenvalue weighted by Crippen LogP contribution is 2.03. The summed E-state index contributed by atoms with van der Waals surface area (Å²) in [6, 6.07) is 0. The Bertz CT molecular complexity index is 181. The van der Waals surface area contributed by atoms with E-state index in [9.17, 15) is 4.79 Å². The maximum absolute atomic E-state index is 10.0. The van der Waals surface area contributed by atoms with Gasteiger partial charge in [-0.2, -0.15) is 0 Å². The number of carboxylic acid groups (broad SMARTS) is 1. The quantitative estimate of drug-likeness (QED) is 0.582. The Balaban J connectivity index is 2.39. The summed E-state index contributed by atoms with van der Waals surface area (Å²) in [5.74, 6) is -0.839. The lowest BCUT2D eigenvalue weighted by molar-refractivity contribution is -0.136. The molecule has 0 amide bonds. The average Bonchev–Trinajstić information content (AvgIpc) is 2.15. The van der Waals surface area contributed by atoms with E-state index in [1.54, 1.807) is 18.4 Å². The molecule has 0 bridgehead atoms. The second-order valence-electron chi connectivity index (χ2n) is 1.70. The Hall–Kier alpha value is -1.25. The molecule has 1 aliphatic heterocycles. The molecule has 1 radical (unpaired) electrons. The maximum atomic E-state index is 10.0. The summed E-state index contributed by atoms with van der Waals surface area (Å²) in [5, 5.41) is 12.0. The fourth-order valence-corrected chi connectivity index (χ4v) is 0.595. The van der Waals surface area contributed by atoms with Crippen molar-refractivity contribution in [3.8, 4) is 0 Å². The number of carbonyl (C=O) groups is 1. The molecule has 3 nitrogen and oxygen atoms in total. The Morgan fingerprint density at radius 3 is 3.00 bits per heavy atom. The molecule has 0 saturated heterocycles. The standard InChI is InChI=1S/C6H6NO2/c8-6(9)4-5-2-1-3-7-5/h1-3H,4H2,(H,8,9). The van der Waals surface area contributed by atoms with E-state index in [-0.39, 0.29) is 6.42 Å². The van der Waals surface area contributed by atoms with E-state index < -0.39 is 5.97 Å². The highest BCUT2D eigenvalue weighted by Gasteiger charge is 2.04. The van der Waals surface area contributed by atoms with Crippen molar-refractivity contribution >= 4 is 5.97 Å². The Kier molecular flexibility index (Phi) is 1.53. The van der Waals surface area contributed by atoms with Gasteiger partial charge in [-0.1, -0.05) is 0 Å².